The Bertz CT molecular complexity index is 733. The average Bonchev–Trinajstić information content (AvgIpc) is 2.63. The van der Waals surface area contributed by atoms with Crippen molar-refractivity contribution >= 4 is 23.8 Å². The van der Waals surface area contributed by atoms with Crippen molar-refractivity contribution in [2.45, 2.75) is 6.42 Å². The van der Waals surface area contributed by atoms with Gasteiger partial charge < -0.3 is 14.8 Å². The molecule has 2 N–H and O–H groups in total. The third kappa shape index (κ3) is 6.00. The van der Waals surface area contributed by atoms with Crippen LogP contribution in [0.4, 0.5) is 4.79 Å². The molecule has 0 saturated heterocycles. The molecule has 25 heavy (non-hydrogen) atoms. The van der Waals surface area contributed by atoms with E-state index >= 15 is 0 Å². The highest BCUT2D eigenvalue weighted by Gasteiger charge is 2.03. The lowest BCUT2D eigenvalue weighted by atomic mass is 10.1. The van der Waals surface area contributed by atoms with Crippen LogP contribution in [0.15, 0.2) is 47.6 Å². The minimum atomic E-state index is -0.370. The van der Waals surface area contributed by atoms with Crippen molar-refractivity contribution in [1.29, 1.82) is 0 Å². The van der Waals surface area contributed by atoms with Crippen LogP contribution in [0.5, 0.6) is 11.5 Å². The molecule has 0 fully saturated rings. The van der Waals surface area contributed by atoms with E-state index in [-0.39, 0.29) is 6.03 Å². The van der Waals surface area contributed by atoms with Gasteiger partial charge in [0.25, 0.3) is 0 Å². The standard InChI is InChI=1S/C18H20ClN3O3/c1-24-16-8-5-14(11-17(16)25-2)12-21-22-18(23)20-10-9-13-3-6-15(19)7-4-13/h3-8,11-12H,9-10H2,1-2H3,(H2,20,22,23)/b21-12+. The van der Waals surface area contributed by atoms with E-state index in [2.05, 4.69) is 15.8 Å². The Balaban J connectivity index is 1.77. The van der Waals surface area contributed by atoms with Crippen molar-refractivity contribution in [2.75, 3.05) is 20.8 Å². The summed E-state index contributed by atoms with van der Waals surface area (Å²) in [5.41, 5.74) is 4.29. The molecule has 0 aliphatic carbocycles. The highest BCUT2D eigenvalue weighted by atomic mass is 35.5. The summed E-state index contributed by atoms with van der Waals surface area (Å²) in [5, 5.41) is 7.33. The van der Waals surface area contributed by atoms with E-state index in [1.807, 2.05) is 30.3 Å². The zero-order valence-electron chi connectivity index (χ0n) is 14.1. The molecular formula is C18H20ClN3O3. The summed E-state index contributed by atoms with van der Waals surface area (Å²) in [5.74, 6) is 1.23. The van der Waals surface area contributed by atoms with Gasteiger partial charge in [-0.2, -0.15) is 5.10 Å². The van der Waals surface area contributed by atoms with Gasteiger partial charge in [0, 0.05) is 11.6 Å². The molecule has 2 aromatic rings. The first-order valence-electron chi connectivity index (χ1n) is 7.65. The van der Waals surface area contributed by atoms with Crippen LogP contribution in [0, 0.1) is 0 Å². The fourth-order valence-electron chi connectivity index (χ4n) is 2.11. The van der Waals surface area contributed by atoms with Gasteiger partial charge in [0.15, 0.2) is 11.5 Å². The van der Waals surface area contributed by atoms with Gasteiger partial charge in [0.2, 0.25) is 0 Å². The van der Waals surface area contributed by atoms with Crippen molar-refractivity contribution in [3.63, 3.8) is 0 Å². The van der Waals surface area contributed by atoms with Gasteiger partial charge in [-0.25, -0.2) is 10.2 Å². The maximum atomic E-state index is 11.7. The molecule has 0 bridgehead atoms. The number of carbonyl (C=O) groups excluding carboxylic acids is 1. The van der Waals surface area contributed by atoms with Crippen LogP contribution < -0.4 is 20.2 Å². The summed E-state index contributed by atoms with van der Waals surface area (Å²) in [7, 11) is 3.13. The molecular weight excluding hydrogens is 342 g/mol. The molecule has 0 aliphatic heterocycles. The maximum Gasteiger partial charge on any atom is 0.335 e. The number of methoxy groups -OCH3 is 2. The molecule has 2 rings (SSSR count). The van der Waals surface area contributed by atoms with Gasteiger partial charge in [0.1, 0.15) is 0 Å². The van der Waals surface area contributed by atoms with Crippen LogP contribution in [0.1, 0.15) is 11.1 Å². The summed E-state index contributed by atoms with van der Waals surface area (Å²) < 4.78 is 10.4. The predicted octanol–water partition coefficient (Wildman–Crippen LogP) is 3.23. The van der Waals surface area contributed by atoms with Crippen LogP contribution >= 0.6 is 11.6 Å². The molecule has 0 aromatic heterocycles. The lowest BCUT2D eigenvalue weighted by Crippen LogP contribution is -2.33. The number of halogens is 1. The number of nitrogens with zero attached hydrogens (tertiary/aromatic N) is 1. The lowest BCUT2D eigenvalue weighted by molar-refractivity contribution is 0.241. The quantitative estimate of drug-likeness (QED) is 0.587. The van der Waals surface area contributed by atoms with E-state index in [9.17, 15) is 4.79 Å². The highest BCUT2D eigenvalue weighted by molar-refractivity contribution is 6.30. The Labute approximate surface area is 151 Å². The fourth-order valence-corrected chi connectivity index (χ4v) is 2.24. The number of ether oxygens (including phenoxy) is 2. The first-order valence-corrected chi connectivity index (χ1v) is 8.03. The molecule has 0 saturated carbocycles. The second kappa shape index (κ2) is 9.54. The first-order chi connectivity index (χ1) is 12.1. The van der Waals surface area contributed by atoms with Crippen molar-refractivity contribution < 1.29 is 14.3 Å². The molecule has 2 amide bonds. The molecule has 0 spiro atoms. The van der Waals surface area contributed by atoms with E-state index in [1.165, 1.54) is 6.21 Å². The Morgan fingerprint density at radius 2 is 1.84 bits per heavy atom. The van der Waals surface area contributed by atoms with E-state index in [4.69, 9.17) is 21.1 Å². The summed E-state index contributed by atoms with van der Waals surface area (Å²) in [4.78, 5) is 11.7. The molecule has 0 heterocycles. The van der Waals surface area contributed by atoms with Crippen LogP contribution in [0.25, 0.3) is 0 Å². The molecule has 0 aliphatic rings. The second-order valence-corrected chi connectivity index (χ2v) is 5.55. The largest absolute Gasteiger partial charge is 0.493 e. The minimum absolute atomic E-state index is 0.370. The fraction of sp³-hybridized carbons (Fsp3) is 0.222. The van der Waals surface area contributed by atoms with Crippen molar-refractivity contribution in [1.82, 2.24) is 10.7 Å². The summed E-state index contributed by atoms with van der Waals surface area (Å²) in [6, 6.07) is 12.5. The van der Waals surface area contributed by atoms with Crippen LogP contribution in [-0.2, 0) is 6.42 Å². The van der Waals surface area contributed by atoms with E-state index in [1.54, 1.807) is 26.4 Å². The van der Waals surface area contributed by atoms with E-state index < -0.39 is 0 Å². The smallest absolute Gasteiger partial charge is 0.335 e. The normalized spacial score (nSPS) is 10.5. The van der Waals surface area contributed by atoms with E-state index in [0.29, 0.717) is 29.5 Å². The lowest BCUT2D eigenvalue weighted by Gasteiger charge is -2.07. The number of hydrazone groups is 1. The average molecular weight is 362 g/mol. The van der Waals surface area contributed by atoms with Crippen LogP contribution in [0.2, 0.25) is 5.02 Å². The molecule has 0 unspecified atom stereocenters. The van der Waals surface area contributed by atoms with Crippen molar-refractivity contribution in [3.05, 3.63) is 58.6 Å². The van der Waals surface area contributed by atoms with Crippen LogP contribution in [0.3, 0.4) is 0 Å². The third-order valence-electron chi connectivity index (χ3n) is 3.40. The molecule has 7 heteroatoms. The van der Waals surface area contributed by atoms with Crippen LogP contribution in [-0.4, -0.2) is 33.0 Å². The number of urea groups is 1. The summed E-state index contributed by atoms with van der Waals surface area (Å²) in [6.45, 7) is 0.499. The summed E-state index contributed by atoms with van der Waals surface area (Å²) in [6.07, 6.45) is 2.24. The van der Waals surface area contributed by atoms with Crippen molar-refractivity contribution in [3.8, 4) is 11.5 Å². The number of nitrogens with one attached hydrogen (secondary N) is 2. The molecule has 6 nitrogen and oxygen atoms in total. The highest BCUT2D eigenvalue weighted by Crippen LogP contribution is 2.26. The Morgan fingerprint density at radius 3 is 2.52 bits per heavy atom. The molecule has 0 radical (unpaired) electrons. The second-order valence-electron chi connectivity index (χ2n) is 5.12. The van der Waals surface area contributed by atoms with Gasteiger partial charge in [-0.15, -0.1) is 0 Å². The number of benzene rings is 2. The van der Waals surface area contributed by atoms with Gasteiger partial charge in [-0.1, -0.05) is 23.7 Å². The Kier molecular flexibility index (Phi) is 7.10. The van der Waals surface area contributed by atoms with Crippen molar-refractivity contribution in [2.24, 2.45) is 5.10 Å². The predicted molar refractivity (Wildman–Crippen MR) is 98.8 cm³/mol. The zero-order valence-corrected chi connectivity index (χ0v) is 14.8. The first kappa shape index (κ1) is 18.6. The number of hydrogen-bond acceptors (Lipinski definition) is 4. The van der Waals surface area contributed by atoms with Gasteiger partial charge in [-0.05, 0) is 47.9 Å². The number of carbonyl (C=O) groups is 1. The van der Waals surface area contributed by atoms with Gasteiger partial charge in [-0.3, -0.25) is 0 Å². The zero-order chi connectivity index (χ0) is 18.1. The van der Waals surface area contributed by atoms with E-state index in [0.717, 1.165) is 11.1 Å². The third-order valence-corrected chi connectivity index (χ3v) is 3.65. The minimum Gasteiger partial charge on any atom is -0.493 e. The Morgan fingerprint density at radius 1 is 1.12 bits per heavy atom. The van der Waals surface area contributed by atoms with Gasteiger partial charge >= 0.3 is 6.03 Å². The number of amides is 2. The van der Waals surface area contributed by atoms with Gasteiger partial charge in [0.05, 0.1) is 20.4 Å². The topological polar surface area (TPSA) is 72.0 Å². The SMILES string of the molecule is COc1ccc(/C=N/NC(=O)NCCc2ccc(Cl)cc2)cc1OC. The Hall–Kier alpha value is -2.73. The molecule has 0 atom stereocenters. The monoisotopic (exact) mass is 361 g/mol. The summed E-state index contributed by atoms with van der Waals surface area (Å²) >= 11 is 5.83. The number of rotatable bonds is 7. The molecule has 2 aromatic carbocycles. The molecule has 132 valence electrons. The maximum absolute atomic E-state index is 11.7. The number of hydrogen-bond donors (Lipinski definition) is 2.